The summed E-state index contributed by atoms with van der Waals surface area (Å²) in [6.45, 7) is 12.8. The molecule has 3 saturated heterocycles. The normalized spacial score (nSPS) is 39.2. The van der Waals surface area contributed by atoms with Gasteiger partial charge in [-0.25, -0.2) is 17.9 Å². The number of hydrogen-bond acceptors (Lipinski definition) is 16. The number of Topliss-reactive ketones (excluding diaryl/α,β-unsaturated/α-hetero) is 3. The Morgan fingerprint density at radius 3 is 2.30 bits per heavy atom. The molecular formula is C53H80N6O13S. The number of nitrogens with zero attached hydrogens (tertiary/aromatic N) is 6. The van der Waals surface area contributed by atoms with Gasteiger partial charge in [-0.1, -0.05) is 76.6 Å². The fourth-order valence-electron chi connectivity index (χ4n) is 11.5. The number of hydrogen-bond donors (Lipinski definition) is 2. The van der Waals surface area contributed by atoms with Gasteiger partial charge in [0.1, 0.15) is 36.5 Å². The number of rotatable bonds is 7. The third-order valence-corrected chi connectivity index (χ3v) is 18.1. The number of ketones is 3. The second-order valence-electron chi connectivity index (χ2n) is 21.6. The molecule has 5 aliphatic rings. The summed E-state index contributed by atoms with van der Waals surface area (Å²) in [6, 6.07) is -1.93. The topological polar surface area (TPSA) is 247 Å². The van der Waals surface area contributed by atoms with Crippen LogP contribution in [0.2, 0.25) is 0 Å². The number of aliphatic hydroxyl groups excluding tert-OH is 1. The number of esters is 1. The summed E-state index contributed by atoms with van der Waals surface area (Å²) in [4.78, 5) is 72.7. The molecule has 1 aromatic heterocycles. The van der Waals surface area contributed by atoms with Crippen molar-refractivity contribution in [2.75, 3.05) is 33.1 Å². The molecule has 5 heterocycles. The van der Waals surface area contributed by atoms with E-state index < -0.39 is 87.7 Å². The Bertz CT molecular complexity index is 2340. The number of carbonyl (C=O) groups excluding carboxylic acids is 5. The van der Waals surface area contributed by atoms with E-state index in [1.807, 2.05) is 32.9 Å². The lowest BCUT2D eigenvalue weighted by Gasteiger charge is -2.44. The number of amides is 1. The summed E-state index contributed by atoms with van der Waals surface area (Å²) in [6.07, 6.45) is 12.9. The van der Waals surface area contributed by atoms with Crippen LogP contribution in [0.4, 0.5) is 0 Å². The predicted molar refractivity (Wildman–Crippen MR) is 269 cm³/mol. The molecule has 2 N–H and O–H groups in total. The van der Waals surface area contributed by atoms with E-state index in [1.54, 1.807) is 70.1 Å². The van der Waals surface area contributed by atoms with E-state index in [2.05, 4.69) is 15.5 Å². The Morgan fingerprint density at radius 1 is 0.890 bits per heavy atom. The maximum absolute atomic E-state index is 14.6. The average molecular weight is 1040 g/mol. The van der Waals surface area contributed by atoms with Gasteiger partial charge in [-0.2, -0.15) is 4.31 Å². The van der Waals surface area contributed by atoms with Crippen LogP contribution in [-0.2, 0) is 52.9 Å². The maximum Gasteiger partial charge on any atom is 0.329 e. The van der Waals surface area contributed by atoms with E-state index in [-0.39, 0.29) is 79.6 Å². The van der Waals surface area contributed by atoms with Crippen molar-refractivity contribution in [2.24, 2.45) is 35.5 Å². The van der Waals surface area contributed by atoms with Crippen molar-refractivity contribution >= 4 is 39.2 Å². The van der Waals surface area contributed by atoms with Crippen LogP contribution in [0.25, 0.3) is 0 Å². The number of tetrazole rings is 1. The fourth-order valence-corrected chi connectivity index (χ4v) is 12.8. The van der Waals surface area contributed by atoms with Crippen LogP contribution in [0.15, 0.2) is 53.9 Å². The predicted octanol–water partition coefficient (Wildman–Crippen LogP) is 5.05. The number of aliphatic hydroxyl groups is 2. The van der Waals surface area contributed by atoms with Crippen molar-refractivity contribution in [1.82, 2.24) is 29.4 Å². The lowest BCUT2D eigenvalue weighted by atomic mass is 9.77. The van der Waals surface area contributed by atoms with Crippen molar-refractivity contribution in [3.05, 3.63) is 53.9 Å². The smallest absolute Gasteiger partial charge is 0.329 e. The van der Waals surface area contributed by atoms with Gasteiger partial charge in [-0.05, 0) is 118 Å². The molecule has 0 aromatic carbocycles. The number of aromatic nitrogens is 4. The molecule has 0 radical (unpaired) electrons. The number of cyclic esters (lactones) is 1. The zero-order valence-electron chi connectivity index (χ0n) is 44.2. The maximum atomic E-state index is 14.6. The van der Waals surface area contributed by atoms with Crippen molar-refractivity contribution in [2.45, 2.75) is 180 Å². The first kappa shape index (κ1) is 58.0. The van der Waals surface area contributed by atoms with Gasteiger partial charge >= 0.3 is 5.97 Å². The molecule has 2 bridgehead atoms. The van der Waals surface area contributed by atoms with Crippen LogP contribution < -0.4 is 0 Å². The Labute approximate surface area is 431 Å². The number of methoxy groups -OCH3 is 2. The van der Waals surface area contributed by atoms with E-state index in [4.69, 9.17) is 18.9 Å². The third kappa shape index (κ3) is 14.0. The Morgan fingerprint density at radius 2 is 1.64 bits per heavy atom. The summed E-state index contributed by atoms with van der Waals surface area (Å²) in [5, 5.41) is 35.4. The molecule has 0 spiro atoms. The molecule has 406 valence electrons. The van der Waals surface area contributed by atoms with Gasteiger partial charge in [0.05, 0.1) is 24.0 Å². The summed E-state index contributed by atoms with van der Waals surface area (Å²) in [5.41, 5.74) is 1.07. The molecule has 1 aliphatic carbocycles. The van der Waals surface area contributed by atoms with E-state index in [0.717, 1.165) is 17.7 Å². The van der Waals surface area contributed by atoms with Crippen LogP contribution >= 0.6 is 0 Å². The second kappa shape index (κ2) is 25.5. The van der Waals surface area contributed by atoms with Crippen LogP contribution in [0.1, 0.15) is 132 Å². The first-order valence-corrected chi connectivity index (χ1v) is 27.9. The molecule has 4 aliphatic heterocycles. The highest BCUT2D eigenvalue weighted by atomic mass is 32.2. The lowest BCUT2D eigenvalue weighted by Crippen LogP contribution is -2.61. The average Bonchev–Trinajstić information content (AvgIpc) is 3.91. The molecule has 1 aromatic rings. The van der Waals surface area contributed by atoms with E-state index in [9.17, 15) is 42.6 Å². The van der Waals surface area contributed by atoms with E-state index in [0.29, 0.717) is 56.1 Å². The van der Waals surface area contributed by atoms with Gasteiger partial charge in [-0.15, -0.1) is 5.10 Å². The highest BCUT2D eigenvalue weighted by Gasteiger charge is 2.54. The summed E-state index contributed by atoms with van der Waals surface area (Å²) < 4.78 is 53.3. The second-order valence-corrected chi connectivity index (χ2v) is 23.6. The summed E-state index contributed by atoms with van der Waals surface area (Å²) in [5.74, 6) is -8.60. The molecule has 20 heteroatoms. The quantitative estimate of drug-likeness (QED) is 0.206. The molecule has 1 unspecified atom stereocenters. The van der Waals surface area contributed by atoms with Gasteiger partial charge in [0.2, 0.25) is 15.8 Å². The molecule has 6 rings (SSSR count). The largest absolute Gasteiger partial charge is 0.460 e. The minimum absolute atomic E-state index is 0.0117. The fraction of sp³-hybridized carbons (Fsp3) is 0.736. The molecule has 73 heavy (non-hydrogen) atoms. The van der Waals surface area contributed by atoms with E-state index in [1.165, 1.54) is 11.4 Å². The number of allylic oxidation sites excluding steroid dienone is 6. The van der Waals surface area contributed by atoms with Crippen molar-refractivity contribution in [1.29, 1.82) is 0 Å². The number of sulfonamides is 1. The van der Waals surface area contributed by atoms with Gasteiger partial charge in [-0.3, -0.25) is 19.2 Å². The van der Waals surface area contributed by atoms with Crippen molar-refractivity contribution in [3.63, 3.8) is 0 Å². The van der Waals surface area contributed by atoms with Crippen molar-refractivity contribution < 1.29 is 61.6 Å². The highest BCUT2D eigenvalue weighted by molar-refractivity contribution is 7.90. The SMILES string of the molecule is CO[C@@H]1C[C@H](C[C@@H](C)[C@@H]2CC(=O)[C@H](C)/C=C(\C)[C@@H](O)[C@@H](OC)C(=O)[C@H](C)C[C@H](C)/C=C/C=C/C=C(\C)C(N3CCS3(=O)=O)C[C@@H]3CC[C@@H](C)[C@@](O)(O3)C(=O)C(=O)N3CCCC[C@H]3C(=O)O2)CC[C@@H]1n1cnnn1. The summed E-state index contributed by atoms with van der Waals surface area (Å²) >= 11 is 0. The lowest BCUT2D eigenvalue weighted by molar-refractivity contribution is -0.264. The Balaban J connectivity index is 1.32. The van der Waals surface area contributed by atoms with Gasteiger partial charge in [0, 0.05) is 57.5 Å². The Hall–Kier alpha value is -4.31. The highest BCUT2D eigenvalue weighted by Crippen LogP contribution is 2.40. The van der Waals surface area contributed by atoms with Gasteiger partial charge in [0.15, 0.2) is 5.78 Å². The molecular weight excluding hydrogens is 961 g/mol. The minimum Gasteiger partial charge on any atom is -0.460 e. The van der Waals surface area contributed by atoms with Crippen molar-refractivity contribution in [3.8, 4) is 0 Å². The van der Waals surface area contributed by atoms with Gasteiger partial charge in [0.25, 0.3) is 11.7 Å². The number of carbonyl (C=O) groups is 5. The number of piperidine rings is 1. The molecule has 1 saturated carbocycles. The van der Waals surface area contributed by atoms with Crippen LogP contribution in [0, 0.1) is 35.5 Å². The van der Waals surface area contributed by atoms with Crippen LogP contribution in [0.3, 0.4) is 0 Å². The standard InChI is InChI=1S/C53H80N6O13S/c1-32-15-11-10-12-16-33(2)43(59-23-24-73(59,67)68)29-40-20-18-38(7)53(66,72-40)50(63)51(64)57-22-14-13-17-42(57)52(65)71-45(35(4)27-39-19-21-41(46(28-39)69-8)58-31-54-55-56-58)30-44(60)34(3)26-37(6)48(62)49(70-9)47(61)36(5)25-32/h10-12,15-16,26,31-32,34-36,38-43,45-46,48-49,62,66H,13-14,17-25,27-30H2,1-9H3/b12-10+,15-11+,33-16+,37-26+/t32-,34-,35-,36-,38-,39+,40+,41+,42+,43?,45+,46-,48-,49+,53-/m1/s1. The first-order chi connectivity index (χ1) is 34.6. The number of fused-ring (bicyclic) bond motifs is 3. The molecule has 15 atom stereocenters. The minimum atomic E-state index is -3.56. The molecule has 19 nitrogen and oxygen atoms in total. The number of ether oxygens (including phenoxy) is 4. The van der Waals surface area contributed by atoms with Gasteiger partial charge < -0.3 is 34.1 Å². The first-order valence-electron chi connectivity index (χ1n) is 26.3. The molecule has 1 amide bonds. The van der Waals surface area contributed by atoms with Crippen LogP contribution in [-0.4, -0.2) is 159 Å². The van der Waals surface area contributed by atoms with E-state index >= 15 is 0 Å². The Kier molecular flexibility index (Phi) is 20.2. The monoisotopic (exact) mass is 1040 g/mol. The van der Waals surface area contributed by atoms with Crippen LogP contribution in [0.5, 0.6) is 0 Å². The zero-order valence-corrected chi connectivity index (χ0v) is 45.0. The summed E-state index contributed by atoms with van der Waals surface area (Å²) in [7, 11) is -0.553. The third-order valence-electron chi connectivity index (χ3n) is 16.2. The molecule has 4 fully saturated rings. The zero-order chi connectivity index (χ0) is 53.4.